The Bertz CT molecular complexity index is 807. The maximum absolute atomic E-state index is 11.4. The highest BCUT2D eigenvalue weighted by molar-refractivity contribution is 9.10. The molecule has 0 atom stereocenters. The third-order valence-electron chi connectivity index (χ3n) is 3.17. The molecule has 20 heavy (non-hydrogen) atoms. The summed E-state index contributed by atoms with van der Waals surface area (Å²) >= 11 is 3.39. The molecule has 1 N–H and O–H groups in total. The van der Waals surface area contributed by atoms with Gasteiger partial charge in [0.25, 0.3) is 0 Å². The topological polar surface area (TPSA) is 54.6 Å². The normalized spacial score (nSPS) is 10.9. The average molecular weight is 331 g/mol. The highest BCUT2D eigenvalue weighted by Gasteiger charge is 2.18. The molecular formula is C15H11BrN2O2. The van der Waals surface area contributed by atoms with Crippen LogP contribution < -0.4 is 0 Å². The molecule has 4 nitrogen and oxygen atoms in total. The predicted octanol–water partition coefficient (Wildman–Crippen LogP) is 3.77. The first-order chi connectivity index (χ1) is 9.58. The van der Waals surface area contributed by atoms with Crippen LogP contribution >= 0.6 is 15.9 Å². The Hall–Kier alpha value is -2.14. The van der Waals surface area contributed by atoms with Crippen LogP contribution in [-0.4, -0.2) is 20.5 Å². The van der Waals surface area contributed by atoms with Crippen LogP contribution in [0.2, 0.25) is 0 Å². The van der Waals surface area contributed by atoms with E-state index in [-0.39, 0.29) is 5.69 Å². The van der Waals surface area contributed by atoms with Gasteiger partial charge < -0.3 is 5.11 Å². The zero-order chi connectivity index (χ0) is 14.3. The number of aryl methyl sites for hydroxylation is 1. The van der Waals surface area contributed by atoms with E-state index in [1.807, 2.05) is 53.9 Å². The number of imidazole rings is 1. The highest BCUT2D eigenvalue weighted by atomic mass is 79.9. The zero-order valence-corrected chi connectivity index (χ0v) is 12.3. The first-order valence-electron chi connectivity index (χ1n) is 6.05. The van der Waals surface area contributed by atoms with Gasteiger partial charge in [0.2, 0.25) is 0 Å². The minimum atomic E-state index is -1.01. The highest BCUT2D eigenvalue weighted by Crippen LogP contribution is 2.26. The molecule has 1 aromatic carbocycles. The summed E-state index contributed by atoms with van der Waals surface area (Å²) in [5.74, 6) is -0.381. The van der Waals surface area contributed by atoms with Gasteiger partial charge in [0, 0.05) is 16.2 Å². The number of aromatic nitrogens is 2. The van der Waals surface area contributed by atoms with Gasteiger partial charge in [-0.05, 0) is 30.7 Å². The molecule has 0 amide bonds. The van der Waals surface area contributed by atoms with Crippen molar-refractivity contribution in [2.75, 3.05) is 0 Å². The van der Waals surface area contributed by atoms with Crippen molar-refractivity contribution in [3.05, 3.63) is 58.3 Å². The summed E-state index contributed by atoms with van der Waals surface area (Å²) in [7, 11) is 0. The first-order valence-corrected chi connectivity index (χ1v) is 6.84. The maximum Gasteiger partial charge on any atom is 0.356 e. The molecular weight excluding hydrogens is 320 g/mol. The van der Waals surface area contributed by atoms with E-state index in [0.717, 1.165) is 15.6 Å². The van der Waals surface area contributed by atoms with Crippen molar-refractivity contribution >= 4 is 27.4 Å². The summed E-state index contributed by atoms with van der Waals surface area (Å²) < 4.78 is 2.79. The molecule has 0 saturated carbocycles. The molecule has 0 radical (unpaired) electrons. The first kappa shape index (κ1) is 12.9. The molecule has 0 unspecified atom stereocenters. The fourth-order valence-corrected chi connectivity index (χ4v) is 2.52. The van der Waals surface area contributed by atoms with Crippen LogP contribution in [0.3, 0.4) is 0 Å². The number of benzene rings is 1. The van der Waals surface area contributed by atoms with Crippen LogP contribution in [-0.2, 0) is 0 Å². The van der Waals surface area contributed by atoms with Gasteiger partial charge >= 0.3 is 5.97 Å². The minimum Gasteiger partial charge on any atom is -0.476 e. The van der Waals surface area contributed by atoms with E-state index in [4.69, 9.17) is 0 Å². The van der Waals surface area contributed by atoms with Gasteiger partial charge in [-0.2, -0.15) is 0 Å². The number of fused-ring (bicyclic) bond motifs is 1. The lowest BCUT2D eigenvalue weighted by Crippen LogP contribution is -1.98. The van der Waals surface area contributed by atoms with Gasteiger partial charge in [-0.25, -0.2) is 9.78 Å². The van der Waals surface area contributed by atoms with Crippen LogP contribution in [0.5, 0.6) is 0 Å². The lowest BCUT2D eigenvalue weighted by Gasteiger charge is -2.03. The summed E-state index contributed by atoms with van der Waals surface area (Å²) in [6.45, 7) is 1.88. The predicted molar refractivity (Wildman–Crippen MR) is 80.0 cm³/mol. The molecule has 0 bridgehead atoms. The number of carboxylic acid groups (broad SMARTS) is 1. The van der Waals surface area contributed by atoms with Crippen LogP contribution in [0.4, 0.5) is 0 Å². The van der Waals surface area contributed by atoms with E-state index in [2.05, 4.69) is 20.9 Å². The SMILES string of the molecule is Cc1cccn2c(-c3ccc(Br)cc3)nc(C(=O)O)c12. The number of halogens is 1. The van der Waals surface area contributed by atoms with Crippen LogP contribution in [0.15, 0.2) is 47.1 Å². The number of carboxylic acids is 1. The number of hydrogen-bond acceptors (Lipinski definition) is 2. The third-order valence-corrected chi connectivity index (χ3v) is 3.70. The Morgan fingerprint density at radius 1 is 1.25 bits per heavy atom. The summed E-state index contributed by atoms with van der Waals surface area (Å²) in [5.41, 5.74) is 2.49. The van der Waals surface area contributed by atoms with Crippen molar-refractivity contribution in [1.82, 2.24) is 9.38 Å². The fourth-order valence-electron chi connectivity index (χ4n) is 2.26. The molecule has 0 spiro atoms. The van der Waals surface area contributed by atoms with E-state index in [0.29, 0.717) is 11.3 Å². The quantitative estimate of drug-likeness (QED) is 0.778. The number of carbonyl (C=O) groups is 1. The number of rotatable bonds is 2. The van der Waals surface area contributed by atoms with Gasteiger partial charge in [-0.3, -0.25) is 4.40 Å². The number of pyridine rings is 1. The molecule has 0 aliphatic carbocycles. The van der Waals surface area contributed by atoms with Crippen molar-refractivity contribution in [2.24, 2.45) is 0 Å². The Labute approximate surface area is 123 Å². The van der Waals surface area contributed by atoms with Crippen molar-refractivity contribution < 1.29 is 9.90 Å². The molecule has 3 aromatic rings. The summed E-state index contributed by atoms with van der Waals surface area (Å²) in [4.78, 5) is 15.7. The van der Waals surface area contributed by atoms with E-state index in [1.54, 1.807) is 0 Å². The van der Waals surface area contributed by atoms with Crippen molar-refractivity contribution in [3.63, 3.8) is 0 Å². The third kappa shape index (κ3) is 2.00. The number of nitrogens with zero attached hydrogens (tertiary/aromatic N) is 2. The van der Waals surface area contributed by atoms with E-state index in [1.165, 1.54) is 0 Å². The smallest absolute Gasteiger partial charge is 0.356 e. The van der Waals surface area contributed by atoms with Crippen molar-refractivity contribution in [3.8, 4) is 11.4 Å². The average Bonchev–Trinajstić information content (AvgIpc) is 2.81. The van der Waals surface area contributed by atoms with E-state index >= 15 is 0 Å². The fraction of sp³-hybridized carbons (Fsp3) is 0.0667. The monoisotopic (exact) mass is 330 g/mol. The standard InChI is InChI=1S/C15H11BrN2O2/c1-9-3-2-8-18-13(9)12(15(19)20)17-14(18)10-4-6-11(16)7-5-10/h2-8H,1H3,(H,19,20). The van der Waals surface area contributed by atoms with E-state index in [9.17, 15) is 9.90 Å². The molecule has 0 fully saturated rings. The lowest BCUT2D eigenvalue weighted by molar-refractivity contribution is 0.0693. The Morgan fingerprint density at radius 2 is 1.95 bits per heavy atom. The van der Waals surface area contributed by atoms with Crippen molar-refractivity contribution in [2.45, 2.75) is 6.92 Å². The second kappa shape index (κ2) is 4.76. The largest absolute Gasteiger partial charge is 0.476 e. The number of hydrogen-bond donors (Lipinski definition) is 1. The molecule has 2 aromatic heterocycles. The molecule has 0 aliphatic heterocycles. The van der Waals surface area contributed by atoms with Crippen LogP contribution in [0.25, 0.3) is 16.9 Å². The zero-order valence-electron chi connectivity index (χ0n) is 10.7. The molecule has 5 heteroatoms. The van der Waals surface area contributed by atoms with Crippen molar-refractivity contribution in [1.29, 1.82) is 0 Å². The van der Waals surface area contributed by atoms with Gasteiger partial charge in [-0.1, -0.05) is 34.1 Å². The molecule has 2 heterocycles. The van der Waals surface area contributed by atoms with Gasteiger partial charge in [-0.15, -0.1) is 0 Å². The molecule has 0 aliphatic rings. The van der Waals surface area contributed by atoms with E-state index < -0.39 is 5.97 Å². The second-order valence-electron chi connectivity index (χ2n) is 4.51. The Morgan fingerprint density at radius 3 is 2.60 bits per heavy atom. The van der Waals surface area contributed by atoms with Gasteiger partial charge in [0.1, 0.15) is 5.82 Å². The lowest BCUT2D eigenvalue weighted by atomic mass is 10.2. The van der Waals surface area contributed by atoms with Gasteiger partial charge in [0.05, 0.1) is 5.52 Å². The second-order valence-corrected chi connectivity index (χ2v) is 5.42. The van der Waals surface area contributed by atoms with Crippen LogP contribution in [0.1, 0.15) is 16.1 Å². The molecule has 3 rings (SSSR count). The van der Waals surface area contributed by atoms with Crippen LogP contribution in [0, 0.1) is 6.92 Å². The molecule has 0 saturated heterocycles. The summed E-state index contributed by atoms with van der Waals surface area (Å²) in [6.07, 6.45) is 1.83. The molecule has 100 valence electrons. The maximum atomic E-state index is 11.4. The number of aromatic carboxylic acids is 1. The minimum absolute atomic E-state index is 0.0843. The summed E-state index contributed by atoms with van der Waals surface area (Å²) in [5, 5.41) is 9.33. The Kier molecular flexibility index (Phi) is 3.06. The van der Waals surface area contributed by atoms with Gasteiger partial charge in [0.15, 0.2) is 5.69 Å². The Balaban J connectivity index is 2.34. The summed E-state index contributed by atoms with van der Waals surface area (Å²) in [6, 6.07) is 11.4.